The van der Waals surface area contributed by atoms with Crippen LogP contribution >= 0.6 is 0 Å². The van der Waals surface area contributed by atoms with Crippen molar-refractivity contribution in [1.82, 2.24) is 0 Å². The molecule has 1 aliphatic rings. The maximum atomic E-state index is 13.2. The summed E-state index contributed by atoms with van der Waals surface area (Å²) in [6.07, 6.45) is 3.37. The first-order chi connectivity index (χ1) is 12.8. The fraction of sp³-hybridized carbons (Fsp3) is 0.211. The van der Waals surface area contributed by atoms with E-state index in [-0.39, 0.29) is 16.7 Å². The van der Waals surface area contributed by atoms with Gasteiger partial charge in [-0.1, -0.05) is 0 Å². The second-order valence-corrected chi connectivity index (χ2v) is 9.65. The SMILES string of the molecule is C[S+](C)C(C(=O)c1ccccc1)C1(O[Se](=O)[O-])C(=O)c2ccccc2C1=O. The van der Waals surface area contributed by atoms with E-state index in [2.05, 4.69) is 0 Å². The first-order valence-corrected chi connectivity index (χ1v) is 12.1. The molecule has 0 bridgehead atoms. The van der Waals surface area contributed by atoms with Crippen molar-refractivity contribution in [2.75, 3.05) is 12.5 Å². The molecule has 3 rings (SSSR count). The molecule has 2 unspecified atom stereocenters. The van der Waals surface area contributed by atoms with Gasteiger partial charge in [-0.05, 0) is 0 Å². The van der Waals surface area contributed by atoms with Gasteiger partial charge < -0.3 is 0 Å². The number of hydrogen-bond acceptors (Lipinski definition) is 6. The quantitative estimate of drug-likeness (QED) is 0.278. The van der Waals surface area contributed by atoms with Gasteiger partial charge in [-0.2, -0.15) is 0 Å². The van der Waals surface area contributed by atoms with Crippen LogP contribution in [0.4, 0.5) is 0 Å². The third-order valence-electron chi connectivity index (χ3n) is 4.43. The number of ketones is 3. The monoisotopic (exact) mass is 452 g/mol. The molecule has 0 aliphatic heterocycles. The van der Waals surface area contributed by atoms with E-state index in [1.807, 2.05) is 0 Å². The Labute approximate surface area is 163 Å². The van der Waals surface area contributed by atoms with Crippen molar-refractivity contribution in [2.24, 2.45) is 0 Å². The summed E-state index contributed by atoms with van der Waals surface area (Å²) in [6, 6.07) is 14.2. The van der Waals surface area contributed by atoms with E-state index in [9.17, 15) is 22.4 Å². The van der Waals surface area contributed by atoms with Crippen molar-refractivity contribution in [2.45, 2.75) is 10.9 Å². The zero-order valence-electron chi connectivity index (χ0n) is 14.5. The standard InChI is InChI=1S/C19H16O6SSe/c1-26(2)18(15(20)12-8-4-3-5-9-12)19(25-27(23)24)16(21)13-10-6-7-11-14(13)17(19)22/h3-11,18H,1-2H3. The number of hydrogen-bond donors (Lipinski definition) is 0. The van der Waals surface area contributed by atoms with E-state index in [1.165, 1.54) is 12.1 Å². The first kappa shape index (κ1) is 19.8. The van der Waals surface area contributed by atoms with E-state index in [1.54, 1.807) is 55.0 Å². The minimum absolute atomic E-state index is 0.0751. The van der Waals surface area contributed by atoms with Gasteiger partial charge in [-0.15, -0.1) is 0 Å². The summed E-state index contributed by atoms with van der Waals surface area (Å²) in [5, 5.41) is -1.25. The minimum atomic E-state index is -4.18. The molecule has 140 valence electrons. The number of benzene rings is 2. The molecule has 0 heterocycles. The summed E-state index contributed by atoms with van der Waals surface area (Å²) in [6.45, 7) is 0. The Morgan fingerprint density at radius 1 is 1.00 bits per heavy atom. The second kappa shape index (κ2) is 7.58. The average molecular weight is 451 g/mol. The molecule has 2 aromatic carbocycles. The zero-order valence-corrected chi connectivity index (χ0v) is 17.1. The number of carbonyl (C=O) groups excluding carboxylic acids is 3. The van der Waals surface area contributed by atoms with E-state index in [0.29, 0.717) is 0 Å². The normalized spacial score (nSPS) is 17.6. The number of rotatable bonds is 6. The molecular weight excluding hydrogens is 435 g/mol. The summed E-state index contributed by atoms with van der Waals surface area (Å²) < 4.78 is 28.2. The zero-order chi connectivity index (χ0) is 19.8. The van der Waals surface area contributed by atoms with Crippen molar-refractivity contribution < 1.29 is 26.2 Å². The summed E-state index contributed by atoms with van der Waals surface area (Å²) >= 11 is -4.18. The van der Waals surface area contributed by atoms with Crippen molar-refractivity contribution in [1.29, 1.82) is 0 Å². The topological polar surface area (TPSA) is 101 Å². The summed E-state index contributed by atoms with van der Waals surface area (Å²) in [7, 11) is -0.833. The van der Waals surface area contributed by atoms with Gasteiger partial charge in [0.25, 0.3) is 0 Å². The van der Waals surface area contributed by atoms with E-state index in [4.69, 9.17) is 3.82 Å². The van der Waals surface area contributed by atoms with Gasteiger partial charge in [0.2, 0.25) is 0 Å². The third kappa shape index (κ3) is 3.24. The van der Waals surface area contributed by atoms with Crippen LogP contribution < -0.4 is 4.19 Å². The van der Waals surface area contributed by atoms with Crippen LogP contribution in [-0.2, 0) is 18.5 Å². The van der Waals surface area contributed by atoms with E-state index < -0.39 is 53.6 Å². The molecule has 8 heteroatoms. The molecule has 0 spiro atoms. The van der Waals surface area contributed by atoms with Crippen LogP contribution in [0.5, 0.6) is 0 Å². The van der Waals surface area contributed by atoms with Crippen LogP contribution in [0.15, 0.2) is 54.6 Å². The molecule has 0 amide bonds. The van der Waals surface area contributed by atoms with Crippen LogP contribution in [0.25, 0.3) is 0 Å². The fourth-order valence-electron chi connectivity index (χ4n) is 3.33. The summed E-state index contributed by atoms with van der Waals surface area (Å²) in [5.74, 6) is -2.05. The number of carbonyl (C=O) groups is 3. The van der Waals surface area contributed by atoms with Crippen LogP contribution in [0, 0.1) is 0 Å². The molecule has 2 aromatic rings. The predicted molar refractivity (Wildman–Crippen MR) is 99.1 cm³/mol. The molecule has 0 aromatic heterocycles. The number of Topliss-reactive ketones (excluding diaryl/α,β-unsaturated/α-hetero) is 3. The van der Waals surface area contributed by atoms with Crippen LogP contribution in [0.1, 0.15) is 31.1 Å². The van der Waals surface area contributed by atoms with Gasteiger partial charge >= 0.3 is 164 Å². The Morgan fingerprint density at radius 3 is 1.93 bits per heavy atom. The molecule has 1 aliphatic carbocycles. The molecule has 0 N–H and O–H groups in total. The Bertz CT molecular complexity index is 905. The summed E-state index contributed by atoms with van der Waals surface area (Å²) in [5.41, 5.74) is -1.94. The Hall–Kier alpha value is -1.96. The third-order valence-corrected chi connectivity index (χ3v) is 6.75. The molecule has 27 heavy (non-hydrogen) atoms. The molecule has 0 saturated carbocycles. The Kier molecular flexibility index (Phi) is 5.55. The Balaban J connectivity index is 2.22. The van der Waals surface area contributed by atoms with Crippen molar-refractivity contribution in [3.63, 3.8) is 0 Å². The van der Waals surface area contributed by atoms with Gasteiger partial charge in [-0.3, -0.25) is 0 Å². The molecule has 0 saturated heterocycles. The van der Waals surface area contributed by atoms with Gasteiger partial charge in [0.15, 0.2) is 0 Å². The van der Waals surface area contributed by atoms with Crippen LogP contribution in [0.2, 0.25) is 0 Å². The average Bonchev–Trinajstić information content (AvgIpc) is 2.85. The van der Waals surface area contributed by atoms with Gasteiger partial charge in [0, 0.05) is 0 Å². The molecule has 0 radical (unpaired) electrons. The first-order valence-electron chi connectivity index (χ1n) is 7.93. The molecule has 2 atom stereocenters. The van der Waals surface area contributed by atoms with Crippen LogP contribution in [-0.4, -0.2) is 55.2 Å². The van der Waals surface area contributed by atoms with Gasteiger partial charge in [-0.25, -0.2) is 0 Å². The van der Waals surface area contributed by atoms with Crippen LogP contribution in [0.3, 0.4) is 0 Å². The molecular formula is C19H16O6SSe. The summed E-state index contributed by atoms with van der Waals surface area (Å²) in [4.78, 5) is 39.6. The molecule has 6 nitrogen and oxygen atoms in total. The van der Waals surface area contributed by atoms with E-state index in [0.717, 1.165) is 0 Å². The second-order valence-electron chi connectivity index (χ2n) is 6.22. The van der Waals surface area contributed by atoms with Crippen molar-refractivity contribution >= 4 is 42.7 Å². The van der Waals surface area contributed by atoms with Crippen molar-refractivity contribution in [3.8, 4) is 0 Å². The molecule has 0 fully saturated rings. The fourth-order valence-corrected chi connectivity index (χ4v) is 5.93. The van der Waals surface area contributed by atoms with Gasteiger partial charge in [0.1, 0.15) is 0 Å². The predicted octanol–water partition coefficient (Wildman–Crippen LogP) is 0.726. The maximum absolute atomic E-state index is 13.2. The van der Waals surface area contributed by atoms with Crippen molar-refractivity contribution in [3.05, 3.63) is 71.3 Å². The van der Waals surface area contributed by atoms with E-state index >= 15 is 0 Å². The number of fused-ring (bicyclic) bond motifs is 1. The van der Waals surface area contributed by atoms with Gasteiger partial charge in [0.05, 0.1) is 0 Å². The Morgan fingerprint density at radius 2 is 1.48 bits per heavy atom.